The summed E-state index contributed by atoms with van der Waals surface area (Å²) < 4.78 is 8.32. The Kier molecular flexibility index (Phi) is 5.01. The lowest BCUT2D eigenvalue weighted by molar-refractivity contribution is 0.0791. The fraction of sp³-hybridized carbons (Fsp3) is 0.222. The Morgan fingerprint density at radius 2 is 2.09 bits per heavy atom. The molecule has 1 saturated heterocycles. The van der Waals surface area contributed by atoms with E-state index in [4.69, 9.17) is 11.3 Å². The summed E-state index contributed by atoms with van der Waals surface area (Å²) in [5, 5.41) is 5.44. The van der Waals surface area contributed by atoms with E-state index in [-0.39, 0.29) is 11.9 Å². The summed E-state index contributed by atoms with van der Waals surface area (Å²) in [4.78, 5) is 23.4. The zero-order chi connectivity index (χ0) is 23.1. The summed E-state index contributed by atoms with van der Waals surface area (Å²) in [6, 6.07) is 17.5. The van der Waals surface area contributed by atoms with Crippen LogP contribution >= 0.6 is 0 Å². The molecule has 0 unspecified atom stereocenters. The molecular formula is C27H23N5O2. The van der Waals surface area contributed by atoms with Crippen molar-refractivity contribution in [3.63, 3.8) is 0 Å². The van der Waals surface area contributed by atoms with Crippen LogP contribution in [0.25, 0.3) is 15.6 Å². The van der Waals surface area contributed by atoms with E-state index in [2.05, 4.69) is 19.7 Å². The molecule has 0 aliphatic carbocycles. The van der Waals surface area contributed by atoms with Gasteiger partial charge in [0.15, 0.2) is 0 Å². The minimum Gasteiger partial charge on any atom is -0.468 e. The number of benzene rings is 3. The number of fused-ring (bicyclic) bond motifs is 6. The Bertz CT molecular complexity index is 1450. The molecule has 2 aliphatic rings. The molecule has 3 heterocycles. The van der Waals surface area contributed by atoms with Crippen LogP contribution in [0, 0.1) is 6.57 Å². The van der Waals surface area contributed by atoms with Crippen molar-refractivity contribution < 1.29 is 9.53 Å². The highest BCUT2D eigenvalue weighted by Gasteiger charge is 2.28. The van der Waals surface area contributed by atoms with Crippen LogP contribution in [0.1, 0.15) is 28.0 Å². The van der Waals surface area contributed by atoms with Gasteiger partial charge in [-0.05, 0) is 47.0 Å². The van der Waals surface area contributed by atoms with Crippen LogP contribution in [0.3, 0.4) is 0 Å². The van der Waals surface area contributed by atoms with E-state index in [1.54, 1.807) is 6.07 Å². The number of carbonyl (C=O) groups is 1. The van der Waals surface area contributed by atoms with Crippen LogP contribution in [-0.4, -0.2) is 39.5 Å². The molecule has 0 spiro atoms. The second-order valence-corrected chi connectivity index (χ2v) is 8.84. The first-order valence-electron chi connectivity index (χ1n) is 11.4. The van der Waals surface area contributed by atoms with E-state index < -0.39 is 0 Å². The van der Waals surface area contributed by atoms with E-state index in [0.29, 0.717) is 42.4 Å². The van der Waals surface area contributed by atoms with Crippen molar-refractivity contribution in [2.45, 2.75) is 25.6 Å². The zero-order valence-corrected chi connectivity index (χ0v) is 18.6. The Labute approximate surface area is 197 Å². The number of rotatable bonds is 0. The van der Waals surface area contributed by atoms with Crippen LogP contribution in [0.2, 0.25) is 0 Å². The Morgan fingerprint density at radius 1 is 1.15 bits per heavy atom. The van der Waals surface area contributed by atoms with E-state index in [1.165, 1.54) is 0 Å². The number of nitrogens with zero attached hydrogens (tertiary/aromatic N) is 4. The van der Waals surface area contributed by atoms with Gasteiger partial charge in [0.25, 0.3) is 5.91 Å². The molecule has 1 N–H and O–H groups in total. The van der Waals surface area contributed by atoms with Crippen molar-refractivity contribution in [2.75, 3.05) is 13.1 Å². The molecule has 7 heteroatoms. The molecule has 6 rings (SSSR count). The van der Waals surface area contributed by atoms with Crippen molar-refractivity contribution >= 4 is 22.4 Å². The number of amides is 1. The van der Waals surface area contributed by atoms with Crippen LogP contribution < -0.4 is 10.1 Å². The summed E-state index contributed by atoms with van der Waals surface area (Å²) in [6.07, 6.45) is 4.61. The van der Waals surface area contributed by atoms with Gasteiger partial charge in [0.2, 0.25) is 5.69 Å². The monoisotopic (exact) mass is 449 g/mol. The molecule has 1 atom stereocenters. The van der Waals surface area contributed by atoms with Gasteiger partial charge in [-0.15, -0.1) is 0 Å². The van der Waals surface area contributed by atoms with Crippen LogP contribution in [0.4, 0.5) is 5.69 Å². The molecule has 6 bridgehead atoms. The van der Waals surface area contributed by atoms with E-state index in [1.807, 2.05) is 66.0 Å². The summed E-state index contributed by atoms with van der Waals surface area (Å²) in [6.45, 7) is 10.3. The Balaban J connectivity index is 1.48. The van der Waals surface area contributed by atoms with Gasteiger partial charge in [-0.2, -0.15) is 0 Å². The molecule has 0 radical (unpaired) electrons. The minimum atomic E-state index is 0.0326. The van der Waals surface area contributed by atoms with Crippen molar-refractivity contribution in [3.05, 3.63) is 95.4 Å². The topological polar surface area (TPSA) is 63.8 Å². The molecule has 3 aromatic carbocycles. The van der Waals surface area contributed by atoms with Gasteiger partial charge >= 0.3 is 0 Å². The maximum Gasteiger partial charge on any atom is 0.254 e. The number of nitrogens with one attached hydrogen (secondary N) is 1. The van der Waals surface area contributed by atoms with Gasteiger partial charge in [-0.25, -0.2) is 9.83 Å². The fourth-order valence-corrected chi connectivity index (χ4v) is 4.82. The maximum absolute atomic E-state index is 13.5. The third-order valence-corrected chi connectivity index (χ3v) is 6.66. The van der Waals surface area contributed by atoms with Crippen LogP contribution in [-0.2, 0) is 13.1 Å². The standard InChI is InChI=1S/C27H23N5O2/c1-28-25-8-5-18-11-26(25)34-22-7-6-19-3-2-4-23(24(19)12-22)27(33)31-10-9-20(16-31)30-14-21-13-29-17-32(21)15-18/h2-8,11-13,17,20,30H,9-10,14-16H2/t20-/m1/s1. The lowest BCUT2D eigenvalue weighted by Gasteiger charge is -2.19. The molecule has 1 aromatic heterocycles. The molecular weight excluding hydrogens is 426 g/mol. The Hall–Kier alpha value is -4.15. The lowest BCUT2D eigenvalue weighted by atomic mass is 10.0. The second kappa shape index (κ2) is 8.32. The van der Waals surface area contributed by atoms with Crippen molar-refractivity contribution in [1.29, 1.82) is 0 Å². The minimum absolute atomic E-state index is 0.0326. The van der Waals surface area contributed by atoms with Crippen molar-refractivity contribution in [2.24, 2.45) is 0 Å². The van der Waals surface area contributed by atoms with Crippen molar-refractivity contribution in [1.82, 2.24) is 19.8 Å². The zero-order valence-electron chi connectivity index (χ0n) is 18.6. The third-order valence-electron chi connectivity index (χ3n) is 6.66. The molecule has 1 fully saturated rings. The smallest absolute Gasteiger partial charge is 0.254 e. The van der Waals surface area contributed by atoms with Crippen LogP contribution in [0.5, 0.6) is 11.5 Å². The maximum atomic E-state index is 13.5. The van der Waals surface area contributed by atoms with Gasteiger partial charge in [0.05, 0.1) is 18.6 Å². The summed E-state index contributed by atoms with van der Waals surface area (Å²) in [7, 11) is 0. The quantitative estimate of drug-likeness (QED) is 0.394. The summed E-state index contributed by atoms with van der Waals surface area (Å²) in [5.74, 6) is 1.14. The number of carbonyl (C=O) groups excluding carboxylic acids is 1. The average molecular weight is 450 g/mol. The first kappa shape index (κ1) is 20.5. The highest BCUT2D eigenvalue weighted by Crippen LogP contribution is 2.35. The predicted molar refractivity (Wildman–Crippen MR) is 129 cm³/mol. The van der Waals surface area contributed by atoms with Gasteiger partial charge in [0.1, 0.15) is 11.5 Å². The third kappa shape index (κ3) is 3.68. The van der Waals surface area contributed by atoms with Gasteiger partial charge in [-0.3, -0.25) is 4.79 Å². The molecule has 1 amide bonds. The predicted octanol–water partition coefficient (Wildman–Crippen LogP) is 4.75. The number of hydrogen-bond acceptors (Lipinski definition) is 4. The summed E-state index contributed by atoms with van der Waals surface area (Å²) in [5.41, 5.74) is 3.21. The summed E-state index contributed by atoms with van der Waals surface area (Å²) >= 11 is 0. The van der Waals surface area contributed by atoms with Crippen LogP contribution in [0.15, 0.2) is 67.1 Å². The number of aromatic nitrogens is 2. The molecule has 7 nitrogen and oxygen atoms in total. The molecule has 4 aromatic rings. The van der Waals surface area contributed by atoms with E-state index in [0.717, 1.165) is 35.0 Å². The highest BCUT2D eigenvalue weighted by molar-refractivity contribution is 6.07. The van der Waals surface area contributed by atoms with Gasteiger partial charge < -0.3 is 19.5 Å². The molecule has 168 valence electrons. The Morgan fingerprint density at radius 3 is 3.00 bits per heavy atom. The van der Waals surface area contributed by atoms with Gasteiger partial charge in [-0.1, -0.05) is 30.3 Å². The second-order valence-electron chi connectivity index (χ2n) is 8.84. The molecule has 34 heavy (non-hydrogen) atoms. The normalized spacial score (nSPS) is 17.8. The average Bonchev–Trinajstić information content (AvgIpc) is 3.51. The first-order chi connectivity index (χ1) is 16.7. The lowest BCUT2D eigenvalue weighted by Crippen LogP contribution is -2.35. The van der Waals surface area contributed by atoms with Crippen molar-refractivity contribution in [3.8, 4) is 11.5 Å². The fourth-order valence-electron chi connectivity index (χ4n) is 4.82. The molecule has 0 saturated carbocycles. The molecule has 2 aliphatic heterocycles. The number of hydrogen-bond donors (Lipinski definition) is 1. The number of imidazole rings is 1. The van der Waals surface area contributed by atoms with E-state index in [9.17, 15) is 4.79 Å². The van der Waals surface area contributed by atoms with E-state index >= 15 is 0 Å². The van der Waals surface area contributed by atoms with Gasteiger partial charge in [0, 0.05) is 44.0 Å². The first-order valence-corrected chi connectivity index (χ1v) is 11.4. The number of ether oxygens (including phenoxy) is 1. The SMILES string of the molecule is [C-]#[N+]c1ccc2cc1Oc1ccc3cccc(c3c1)C(=O)N1CC[C@H](C1)NCc1cncn1C2. The largest absolute Gasteiger partial charge is 0.468 e. The highest BCUT2D eigenvalue weighted by atomic mass is 16.5.